The molecule has 10 N–H and O–H groups in total. The maximum atomic E-state index is 13.2. The highest BCUT2D eigenvalue weighted by molar-refractivity contribution is 5.76. The van der Waals surface area contributed by atoms with E-state index in [1.54, 1.807) is 0 Å². The minimum atomic E-state index is -2.09. The molecule has 21 unspecified atom stereocenters. The molecule has 64 heavy (non-hydrogen) atoms. The standard InChI is InChI=1S/C47H76O17/c1-41(2)14-16-46(40(56)57)17-15-44(6)23(24(46)18-41)8-9-28-43(5)12-11-29(42(3,4)27(43)10-13-45(28,44)7)62-38-35(64-37-33(54)32(53)30(51)25(19-48)60-37)34(31(52)26(20-49)61-38)63-39-36(55)47(58,21-50)22-59-39/h8,24-39,48-55,58H,9-22H2,1-7H3,(H,56,57). The molecule has 3 saturated heterocycles. The summed E-state index contributed by atoms with van der Waals surface area (Å²) >= 11 is 0. The Balaban J connectivity index is 1.09. The average Bonchev–Trinajstić information content (AvgIpc) is 3.52. The minimum Gasteiger partial charge on any atom is -0.481 e. The van der Waals surface area contributed by atoms with Gasteiger partial charge in [0, 0.05) is 0 Å². The molecule has 3 heterocycles. The normalized spacial score (nSPS) is 53.3. The molecule has 5 aliphatic carbocycles. The SMILES string of the molecule is CC1(C)CCC2(C(=O)O)CCC3(C)C(=CCC4C5(C)CCC(OC6OC(CO)C(O)C(OC7OCC(O)(CO)C7O)C6OC6OC(CO)C(O)C(O)C6O)C(C)(C)C5CCC43C)C2C1. The van der Waals surface area contributed by atoms with E-state index in [1.807, 2.05) is 0 Å². The van der Waals surface area contributed by atoms with Gasteiger partial charge in [0.05, 0.1) is 37.9 Å². The van der Waals surface area contributed by atoms with Gasteiger partial charge in [-0.25, -0.2) is 0 Å². The van der Waals surface area contributed by atoms with Gasteiger partial charge in [0.15, 0.2) is 18.9 Å². The van der Waals surface area contributed by atoms with Gasteiger partial charge in [-0.3, -0.25) is 4.79 Å². The summed E-state index contributed by atoms with van der Waals surface area (Å²) in [5, 5.41) is 107. The van der Waals surface area contributed by atoms with Crippen LogP contribution in [0.4, 0.5) is 0 Å². The topological polar surface area (TPSA) is 275 Å². The number of carboxylic acid groups (broad SMARTS) is 1. The Morgan fingerprint density at radius 2 is 1.36 bits per heavy atom. The maximum Gasteiger partial charge on any atom is 0.310 e. The van der Waals surface area contributed by atoms with Crippen molar-refractivity contribution in [2.75, 3.05) is 26.4 Å². The van der Waals surface area contributed by atoms with Crippen LogP contribution in [0.5, 0.6) is 0 Å². The van der Waals surface area contributed by atoms with E-state index in [9.17, 15) is 55.9 Å². The lowest BCUT2D eigenvalue weighted by atomic mass is 9.33. The van der Waals surface area contributed by atoms with Crippen molar-refractivity contribution in [2.24, 2.45) is 50.2 Å². The summed E-state index contributed by atoms with van der Waals surface area (Å²) in [5.41, 5.74) is -2.28. The number of aliphatic hydroxyl groups is 9. The summed E-state index contributed by atoms with van der Waals surface area (Å²) in [7, 11) is 0. The zero-order valence-electron chi connectivity index (χ0n) is 38.5. The Bertz CT molecular complexity index is 1760. The van der Waals surface area contributed by atoms with E-state index in [2.05, 4.69) is 54.5 Å². The van der Waals surface area contributed by atoms with Crippen LogP contribution in [0.15, 0.2) is 11.6 Å². The van der Waals surface area contributed by atoms with E-state index in [0.29, 0.717) is 25.2 Å². The van der Waals surface area contributed by atoms with Crippen molar-refractivity contribution in [3.63, 3.8) is 0 Å². The van der Waals surface area contributed by atoms with Crippen LogP contribution in [0, 0.1) is 50.2 Å². The molecule has 0 amide bonds. The van der Waals surface area contributed by atoms with E-state index >= 15 is 0 Å². The van der Waals surface area contributed by atoms with Crippen LogP contribution in [0.25, 0.3) is 0 Å². The molecule has 3 aliphatic heterocycles. The molecule has 0 aromatic carbocycles. The van der Waals surface area contributed by atoms with Crippen molar-refractivity contribution >= 4 is 5.97 Å². The third-order valence-electron chi connectivity index (χ3n) is 19.1. The maximum absolute atomic E-state index is 13.2. The quantitative estimate of drug-likeness (QED) is 0.109. The predicted octanol–water partition coefficient (Wildman–Crippen LogP) is 1.35. The van der Waals surface area contributed by atoms with E-state index in [0.717, 1.165) is 44.9 Å². The van der Waals surface area contributed by atoms with Gasteiger partial charge in [0.1, 0.15) is 60.5 Å². The summed E-state index contributed by atoms with van der Waals surface area (Å²) in [6, 6.07) is 0. The molecule has 8 aliphatic rings. The largest absolute Gasteiger partial charge is 0.481 e. The second-order valence-corrected chi connectivity index (χ2v) is 23.2. The molecule has 0 spiro atoms. The minimum absolute atomic E-state index is 0.00319. The average molecular weight is 913 g/mol. The number of hydrogen-bond donors (Lipinski definition) is 10. The highest BCUT2D eigenvalue weighted by Crippen LogP contribution is 2.76. The summed E-state index contributed by atoms with van der Waals surface area (Å²) in [6.45, 7) is 13.4. The first kappa shape index (κ1) is 49.0. The van der Waals surface area contributed by atoms with Crippen LogP contribution in [0.3, 0.4) is 0 Å². The molecule has 7 fully saturated rings. The van der Waals surface area contributed by atoms with E-state index < -0.39 is 129 Å². The second kappa shape index (κ2) is 16.9. The lowest BCUT2D eigenvalue weighted by Gasteiger charge is -2.71. The highest BCUT2D eigenvalue weighted by atomic mass is 16.8. The fourth-order valence-electron chi connectivity index (χ4n) is 14.9. The van der Waals surface area contributed by atoms with Gasteiger partial charge in [-0.1, -0.05) is 60.1 Å². The first-order valence-corrected chi connectivity index (χ1v) is 23.7. The van der Waals surface area contributed by atoms with E-state index in [4.69, 9.17) is 28.4 Å². The molecule has 0 bridgehead atoms. The van der Waals surface area contributed by atoms with Crippen molar-refractivity contribution in [2.45, 2.75) is 198 Å². The molecule has 366 valence electrons. The van der Waals surface area contributed by atoms with Crippen molar-refractivity contribution < 1.29 is 84.3 Å². The van der Waals surface area contributed by atoms with Gasteiger partial charge in [-0.15, -0.1) is 0 Å². The first-order chi connectivity index (χ1) is 29.9. The van der Waals surface area contributed by atoms with E-state index in [1.165, 1.54) is 5.57 Å². The fourth-order valence-corrected chi connectivity index (χ4v) is 14.9. The molecule has 8 rings (SSSR count). The first-order valence-electron chi connectivity index (χ1n) is 23.7. The number of rotatable bonds is 10. The van der Waals surface area contributed by atoms with Crippen LogP contribution in [-0.2, 0) is 33.2 Å². The summed E-state index contributed by atoms with van der Waals surface area (Å²) in [6.07, 6.45) is -9.34. The zero-order valence-corrected chi connectivity index (χ0v) is 38.5. The van der Waals surface area contributed by atoms with Crippen LogP contribution < -0.4 is 0 Å². The van der Waals surface area contributed by atoms with E-state index in [-0.39, 0.29) is 33.5 Å². The number of ether oxygens (including phenoxy) is 6. The Labute approximate surface area is 376 Å². The van der Waals surface area contributed by atoms with Gasteiger partial charge in [-0.2, -0.15) is 0 Å². The third kappa shape index (κ3) is 7.40. The molecule has 4 saturated carbocycles. The molecule has 17 nitrogen and oxygen atoms in total. The van der Waals surface area contributed by atoms with Crippen LogP contribution in [-0.4, -0.2) is 169 Å². The fraction of sp³-hybridized carbons (Fsp3) is 0.936. The number of allylic oxidation sites excluding steroid dienone is 2. The molecule has 17 heteroatoms. The number of aliphatic hydroxyl groups excluding tert-OH is 8. The number of fused-ring (bicyclic) bond motifs is 7. The Morgan fingerprint density at radius 3 is 2.00 bits per heavy atom. The van der Waals surface area contributed by atoms with Crippen molar-refractivity contribution in [3.05, 3.63) is 11.6 Å². The van der Waals surface area contributed by atoms with Gasteiger partial charge >= 0.3 is 5.97 Å². The van der Waals surface area contributed by atoms with Gasteiger partial charge < -0.3 is 79.5 Å². The van der Waals surface area contributed by atoms with Crippen molar-refractivity contribution in [1.82, 2.24) is 0 Å². The van der Waals surface area contributed by atoms with Gasteiger partial charge in [0.2, 0.25) is 0 Å². The van der Waals surface area contributed by atoms with Gasteiger partial charge in [-0.05, 0) is 109 Å². The van der Waals surface area contributed by atoms with Crippen molar-refractivity contribution in [3.8, 4) is 0 Å². The van der Waals surface area contributed by atoms with Gasteiger partial charge in [0.25, 0.3) is 0 Å². The molecule has 0 aromatic heterocycles. The summed E-state index contributed by atoms with van der Waals surface area (Å²) in [4.78, 5) is 13.2. The lowest BCUT2D eigenvalue weighted by molar-refractivity contribution is -0.389. The Kier molecular flexibility index (Phi) is 13.0. The Hall–Kier alpha value is -1.39. The Morgan fingerprint density at radius 1 is 0.719 bits per heavy atom. The molecule has 0 aromatic rings. The summed E-state index contributed by atoms with van der Waals surface area (Å²) in [5.74, 6) is -0.193. The third-order valence-corrected chi connectivity index (χ3v) is 19.1. The predicted molar refractivity (Wildman–Crippen MR) is 225 cm³/mol. The monoisotopic (exact) mass is 913 g/mol. The van der Waals surface area contributed by atoms with Crippen LogP contribution in [0.1, 0.15) is 113 Å². The number of hydrogen-bond acceptors (Lipinski definition) is 16. The molecule has 21 atom stereocenters. The second-order valence-electron chi connectivity index (χ2n) is 23.2. The number of carboxylic acids is 1. The molecular weight excluding hydrogens is 836 g/mol. The number of aliphatic carboxylic acids is 1. The summed E-state index contributed by atoms with van der Waals surface area (Å²) < 4.78 is 36.9. The molecular formula is C47H76O17. The van der Waals surface area contributed by atoms with Crippen LogP contribution >= 0.6 is 0 Å². The van der Waals surface area contributed by atoms with Crippen molar-refractivity contribution in [1.29, 1.82) is 0 Å². The highest BCUT2D eigenvalue weighted by Gasteiger charge is 2.70. The zero-order chi connectivity index (χ0) is 46.7. The number of carbonyl (C=O) groups is 1. The molecule has 0 radical (unpaired) electrons. The smallest absolute Gasteiger partial charge is 0.310 e. The van der Waals surface area contributed by atoms with Crippen LogP contribution in [0.2, 0.25) is 0 Å². The lowest BCUT2D eigenvalue weighted by Crippen LogP contribution is -2.67.